The number of hydrogen-bond donors (Lipinski definition) is 2. The highest BCUT2D eigenvalue weighted by atomic mass is 19.1. The van der Waals surface area contributed by atoms with Gasteiger partial charge in [-0.25, -0.2) is 8.78 Å². The summed E-state index contributed by atoms with van der Waals surface area (Å²) in [4.78, 5) is 0. The van der Waals surface area contributed by atoms with Gasteiger partial charge in [0.1, 0.15) is 5.82 Å². The molecule has 0 aromatic heterocycles. The van der Waals surface area contributed by atoms with E-state index in [9.17, 15) is 8.78 Å². The average Bonchev–Trinajstić information content (AvgIpc) is 2.64. The zero-order valence-corrected chi connectivity index (χ0v) is 15.5. The van der Waals surface area contributed by atoms with E-state index in [0.717, 1.165) is 51.1 Å². The van der Waals surface area contributed by atoms with E-state index in [1.807, 2.05) is 0 Å². The summed E-state index contributed by atoms with van der Waals surface area (Å²) in [5.74, 6) is -0.846. The first kappa shape index (κ1) is 19.5. The van der Waals surface area contributed by atoms with E-state index in [2.05, 4.69) is 5.32 Å². The van der Waals surface area contributed by atoms with Crippen LogP contribution in [0, 0.1) is 11.6 Å². The lowest BCUT2D eigenvalue weighted by molar-refractivity contribution is 0.00603. The number of halogens is 2. The summed E-state index contributed by atoms with van der Waals surface area (Å²) >= 11 is 0. The van der Waals surface area contributed by atoms with Crippen LogP contribution in [0.1, 0.15) is 56.9 Å². The molecule has 3 N–H and O–H groups in total. The highest BCUT2D eigenvalue weighted by molar-refractivity contribution is 5.38. The maximum Gasteiger partial charge on any atom is 0.168 e. The fourth-order valence-corrected chi connectivity index (χ4v) is 4.12. The molecule has 1 saturated carbocycles. The Bertz CT molecular complexity index is 591. The summed E-state index contributed by atoms with van der Waals surface area (Å²) in [6.07, 6.45) is 5.81. The van der Waals surface area contributed by atoms with Crippen molar-refractivity contribution in [1.82, 2.24) is 5.32 Å². The van der Waals surface area contributed by atoms with Gasteiger partial charge in [0.2, 0.25) is 0 Å². The third-order valence-electron chi connectivity index (χ3n) is 5.59. The first-order valence-electron chi connectivity index (χ1n) is 9.80. The van der Waals surface area contributed by atoms with Crippen molar-refractivity contribution in [1.29, 1.82) is 0 Å². The molecule has 0 amide bonds. The quantitative estimate of drug-likeness (QED) is 0.807. The second-order valence-electron chi connectivity index (χ2n) is 7.41. The molecule has 2 atom stereocenters. The van der Waals surface area contributed by atoms with E-state index in [1.54, 1.807) is 6.92 Å². The van der Waals surface area contributed by atoms with Gasteiger partial charge < -0.3 is 20.5 Å². The molecule has 2 aliphatic rings. The summed E-state index contributed by atoms with van der Waals surface area (Å²) in [5.41, 5.74) is 6.79. The molecule has 1 saturated heterocycles. The van der Waals surface area contributed by atoms with Gasteiger partial charge in [0.15, 0.2) is 11.6 Å². The van der Waals surface area contributed by atoms with Crippen LogP contribution in [0.2, 0.25) is 0 Å². The van der Waals surface area contributed by atoms with Crippen LogP contribution in [0.25, 0.3) is 0 Å². The van der Waals surface area contributed by atoms with E-state index < -0.39 is 11.6 Å². The molecule has 1 aromatic rings. The smallest absolute Gasteiger partial charge is 0.168 e. The van der Waals surface area contributed by atoms with E-state index in [-0.39, 0.29) is 29.9 Å². The van der Waals surface area contributed by atoms with Gasteiger partial charge in [-0.05, 0) is 64.0 Å². The molecule has 146 valence electrons. The lowest BCUT2D eigenvalue weighted by Crippen LogP contribution is -2.52. The van der Waals surface area contributed by atoms with Crippen molar-refractivity contribution in [2.75, 3.05) is 19.8 Å². The lowest BCUT2D eigenvalue weighted by Gasteiger charge is -2.33. The molecule has 2 fully saturated rings. The van der Waals surface area contributed by atoms with Crippen molar-refractivity contribution in [2.24, 2.45) is 5.73 Å². The normalized spacial score (nSPS) is 29.5. The Kier molecular flexibility index (Phi) is 6.84. The number of nitrogens with one attached hydrogen (secondary N) is 1. The first-order chi connectivity index (χ1) is 12.6. The number of piperidine rings is 1. The average molecular weight is 368 g/mol. The summed E-state index contributed by atoms with van der Waals surface area (Å²) < 4.78 is 39.3. The van der Waals surface area contributed by atoms with Crippen LogP contribution in [0.15, 0.2) is 12.1 Å². The summed E-state index contributed by atoms with van der Waals surface area (Å²) in [6, 6.07) is 2.70. The molecule has 6 heteroatoms. The van der Waals surface area contributed by atoms with E-state index in [4.69, 9.17) is 15.2 Å². The van der Waals surface area contributed by atoms with Crippen molar-refractivity contribution < 1.29 is 18.3 Å². The van der Waals surface area contributed by atoms with Crippen LogP contribution in [0.3, 0.4) is 0 Å². The molecule has 1 aliphatic carbocycles. The predicted molar refractivity (Wildman–Crippen MR) is 97.5 cm³/mol. The number of rotatable bonds is 6. The molecule has 2 unspecified atom stereocenters. The van der Waals surface area contributed by atoms with Gasteiger partial charge in [-0.1, -0.05) is 0 Å². The van der Waals surface area contributed by atoms with Gasteiger partial charge in [0, 0.05) is 23.7 Å². The second kappa shape index (κ2) is 9.11. The number of nitrogens with two attached hydrogens (primary N) is 1. The SMILES string of the molecule is CCOc1c(F)cc(F)cc1C1CCC(OCC2NCCCC2N)CC1. The monoisotopic (exact) mass is 368 g/mol. The highest BCUT2D eigenvalue weighted by Crippen LogP contribution is 2.40. The molecule has 0 radical (unpaired) electrons. The Morgan fingerprint density at radius 1 is 1.15 bits per heavy atom. The molecule has 4 nitrogen and oxygen atoms in total. The van der Waals surface area contributed by atoms with Crippen LogP contribution < -0.4 is 15.8 Å². The van der Waals surface area contributed by atoms with Crippen LogP contribution in [0.4, 0.5) is 8.78 Å². The Balaban J connectivity index is 1.55. The Morgan fingerprint density at radius 3 is 2.62 bits per heavy atom. The molecule has 1 aromatic carbocycles. The van der Waals surface area contributed by atoms with E-state index in [1.165, 1.54) is 6.07 Å². The molecular weight excluding hydrogens is 338 g/mol. The van der Waals surface area contributed by atoms with Gasteiger partial charge in [0.05, 0.1) is 19.3 Å². The molecule has 3 rings (SSSR count). The lowest BCUT2D eigenvalue weighted by atomic mass is 9.82. The van der Waals surface area contributed by atoms with Gasteiger partial charge >= 0.3 is 0 Å². The van der Waals surface area contributed by atoms with Crippen LogP contribution in [-0.4, -0.2) is 37.9 Å². The first-order valence-corrected chi connectivity index (χ1v) is 9.80. The Labute approximate surface area is 154 Å². The van der Waals surface area contributed by atoms with Gasteiger partial charge in [-0.15, -0.1) is 0 Å². The largest absolute Gasteiger partial charge is 0.491 e. The third kappa shape index (κ3) is 4.72. The molecule has 26 heavy (non-hydrogen) atoms. The summed E-state index contributed by atoms with van der Waals surface area (Å²) in [5, 5.41) is 3.43. The third-order valence-corrected chi connectivity index (χ3v) is 5.59. The minimum absolute atomic E-state index is 0.108. The predicted octanol–water partition coefficient (Wildman–Crippen LogP) is 3.49. The molecule has 1 aliphatic heterocycles. The minimum atomic E-state index is -0.613. The Hall–Kier alpha value is -1.24. The number of benzene rings is 1. The zero-order chi connectivity index (χ0) is 18.5. The van der Waals surface area contributed by atoms with Crippen LogP contribution in [0.5, 0.6) is 5.75 Å². The number of ether oxygens (including phenoxy) is 2. The fourth-order valence-electron chi connectivity index (χ4n) is 4.12. The van der Waals surface area contributed by atoms with Crippen molar-refractivity contribution in [3.8, 4) is 5.75 Å². The standard InChI is InChI=1S/C20H30F2N2O2/c1-2-25-20-16(10-14(21)11-17(20)22)13-5-7-15(8-6-13)26-12-19-18(23)4-3-9-24-19/h10-11,13,15,18-19,24H,2-9,12,23H2,1H3. The topological polar surface area (TPSA) is 56.5 Å². The van der Waals surface area contributed by atoms with Crippen LogP contribution in [-0.2, 0) is 4.74 Å². The van der Waals surface area contributed by atoms with Crippen LogP contribution >= 0.6 is 0 Å². The fraction of sp³-hybridized carbons (Fsp3) is 0.700. The summed E-state index contributed by atoms with van der Waals surface area (Å²) in [6.45, 7) is 3.80. The minimum Gasteiger partial charge on any atom is -0.491 e. The summed E-state index contributed by atoms with van der Waals surface area (Å²) in [7, 11) is 0. The van der Waals surface area contributed by atoms with Crippen molar-refractivity contribution in [2.45, 2.75) is 69.6 Å². The second-order valence-corrected chi connectivity index (χ2v) is 7.41. The van der Waals surface area contributed by atoms with Gasteiger partial charge in [-0.2, -0.15) is 0 Å². The molecular formula is C20H30F2N2O2. The number of hydrogen-bond acceptors (Lipinski definition) is 4. The van der Waals surface area contributed by atoms with Crippen molar-refractivity contribution in [3.05, 3.63) is 29.3 Å². The zero-order valence-electron chi connectivity index (χ0n) is 15.5. The Morgan fingerprint density at radius 2 is 1.92 bits per heavy atom. The van der Waals surface area contributed by atoms with Crippen molar-refractivity contribution in [3.63, 3.8) is 0 Å². The maximum atomic E-state index is 14.1. The van der Waals surface area contributed by atoms with E-state index in [0.29, 0.717) is 18.8 Å². The van der Waals surface area contributed by atoms with Crippen molar-refractivity contribution >= 4 is 0 Å². The molecule has 0 spiro atoms. The van der Waals surface area contributed by atoms with Gasteiger partial charge in [0.25, 0.3) is 0 Å². The highest BCUT2D eigenvalue weighted by Gasteiger charge is 2.28. The van der Waals surface area contributed by atoms with E-state index >= 15 is 0 Å². The van der Waals surface area contributed by atoms with Gasteiger partial charge in [-0.3, -0.25) is 0 Å². The molecule has 1 heterocycles. The maximum absolute atomic E-state index is 14.1. The molecule has 0 bridgehead atoms.